The summed E-state index contributed by atoms with van der Waals surface area (Å²) in [6.45, 7) is 2.70. The number of anilines is 1. The van der Waals surface area contributed by atoms with Crippen molar-refractivity contribution < 1.29 is 5.11 Å². The predicted molar refractivity (Wildman–Crippen MR) is 106 cm³/mol. The Bertz CT molecular complexity index is 753. The molecule has 1 aliphatic carbocycles. The first-order chi connectivity index (χ1) is 12.3. The maximum Gasteiger partial charge on any atom is 0.131 e. The average Bonchev–Trinajstić information content (AvgIpc) is 2.57. The highest BCUT2D eigenvalue weighted by Gasteiger charge is 2.29. The molecule has 2 aromatic heterocycles. The van der Waals surface area contributed by atoms with Crippen molar-refractivity contribution in [2.45, 2.75) is 50.8 Å². The van der Waals surface area contributed by atoms with Gasteiger partial charge in [0.2, 0.25) is 0 Å². The van der Waals surface area contributed by atoms with Crippen molar-refractivity contribution >= 4 is 17.3 Å². The number of rotatable bonds is 5. The minimum absolute atomic E-state index is 0.317. The molecule has 2 heterocycles. The van der Waals surface area contributed by atoms with Crippen molar-refractivity contribution in [2.75, 3.05) is 19.4 Å². The summed E-state index contributed by atoms with van der Waals surface area (Å²) in [6.07, 6.45) is 5.25. The normalized spacial score (nSPS) is 23.2. The van der Waals surface area contributed by atoms with E-state index in [0.717, 1.165) is 54.9 Å². The molecular weight excluding hydrogens is 348 g/mol. The van der Waals surface area contributed by atoms with Crippen molar-refractivity contribution in [3.63, 3.8) is 0 Å². The second-order valence-corrected chi connectivity index (χ2v) is 8.11. The maximum absolute atomic E-state index is 10.2. The number of hydrogen-bond donors (Lipinski definition) is 2. The minimum Gasteiger partial charge on any atom is -0.390 e. The van der Waals surface area contributed by atoms with Gasteiger partial charge in [0.1, 0.15) is 5.15 Å². The van der Waals surface area contributed by atoms with Crippen molar-refractivity contribution in [3.05, 3.63) is 41.3 Å². The van der Waals surface area contributed by atoms with E-state index in [2.05, 4.69) is 15.2 Å². The molecular formula is C20H27ClN4O. The second-order valence-electron chi connectivity index (χ2n) is 7.72. The van der Waals surface area contributed by atoms with E-state index in [1.165, 1.54) is 0 Å². The molecule has 1 aliphatic rings. The molecule has 0 amide bonds. The van der Waals surface area contributed by atoms with Crippen molar-refractivity contribution in [1.29, 1.82) is 0 Å². The molecule has 140 valence electrons. The molecule has 0 radical (unpaired) electrons. The van der Waals surface area contributed by atoms with E-state index in [-0.39, 0.29) is 0 Å². The molecule has 0 spiro atoms. The van der Waals surface area contributed by atoms with Crippen LogP contribution < -0.4 is 5.32 Å². The SMILES string of the molecule is CN(C)Cc1cccc(-c2cnc(Cl)cc2NC2CCC(C)(O)CC2)n1. The molecule has 3 rings (SSSR count). The molecule has 0 bridgehead atoms. The largest absolute Gasteiger partial charge is 0.390 e. The van der Waals surface area contributed by atoms with Gasteiger partial charge in [0.15, 0.2) is 0 Å². The Kier molecular flexibility index (Phi) is 5.80. The van der Waals surface area contributed by atoms with Crippen molar-refractivity contribution in [3.8, 4) is 11.3 Å². The van der Waals surface area contributed by atoms with E-state index in [9.17, 15) is 5.11 Å². The monoisotopic (exact) mass is 374 g/mol. The highest BCUT2D eigenvalue weighted by atomic mass is 35.5. The van der Waals surface area contributed by atoms with Gasteiger partial charge in [-0.3, -0.25) is 4.98 Å². The fourth-order valence-corrected chi connectivity index (χ4v) is 3.56. The van der Waals surface area contributed by atoms with Crippen molar-refractivity contribution in [1.82, 2.24) is 14.9 Å². The third kappa shape index (κ3) is 4.93. The summed E-state index contributed by atoms with van der Waals surface area (Å²) in [5, 5.41) is 14.2. The zero-order valence-corrected chi connectivity index (χ0v) is 16.4. The Balaban J connectivity index is 1.84. The Hall–Kier alpha value is -1.69. The lowest BCUT2D eigenvalue weighted by atomic mass is 9.83. The Labute approximate surface area is 160 Å². The summed E-state index contributed by atoms with van der Waals surface area (Å²) in [5.41, 5.74) is 3.26. The summed E-state index contributed by atoms with van der Waals surface area (Å²) in [5.74, 6) is 0. The maximum atomic E-state index is 10.2. The molecule has 26 heavy (non-hydrogen) atoms. The predicted octanol–water partition coefficient (Wildman–Crippen LogP) is 3.96. The fraction of sp³-hybridized carbons (Fsp3) is 0.500. The topological polar surface area (TPSA) is 61.3 Å². The molecule has 6 heteroatoms. The van der Waals surface area contributed by atoms with E-state index in [1.54, 1.807) is 6.20 Å². The van der Waals surface area contributed by atoms with E-state index >= 15 is 0 Å². The average molecular weight is 375 g/mol. The number of nitrogens with zero attached hydrogens (tertiary/aromatic N) is 3. The molecule has 0 aromatic carbocycles. The van der Waals surface area contributed by atoms with Crippen LogP contribution in [0.3, 0.4) is 0 Å². The third-order valence-corrected chi connectivity index (χ3v) is 5.06. The summed E-state index contributed by atoms with van der Waals surface area (Å²) >= 11 is 6.15. The standard InChI is InChI=1S/C20H27ClN4O/c1-20(26)9-7-14(8-10-20)23-18-11-19(21)22-12-16(18)17-6-4-5-15(24-17)13-25(2)3/h4-6,11-12,14,26H,7-10,13H2,1-3H3,(H,22,23). The van der Waals surface area contributed by atoms with Gasteiger partial charge in [-0.1, -0.05) is 17.7 Å². The van der Waals surface area contributed by atoms with Gasteiger partial charge in [-0.25, -0.2) is 4.98 Å². The van der Waals surface area contributed by atoms with E-state index in [1.807, 2.05) is 45.3 Å². The summed E-state index contributed by atoms with van der Waals surface area (Å²) in [4.78, 5) is 11.1. The van der Waals surface area contributed by atoms with E-state index in [4.69, 9.17) is 16.6 Å². The number of halogens is 1. The highest BCUT2D eigenvalue weighted by Crippen LogP contribution is 2.33. The zero-order chi connectivity index (χ0) is 18.7. The number of aromatic nitrogens is 2. The van der Waals surface area contributed by atoms with E-state index in [0.29, 0.717) is 11.2 Å². The molecule has 5 nitrogen and oxygen atoms in total. The van der Waals surface area contributed by atoms with Crippen molar-refractivity contribution in [2.24, 2.45) is 0 Å². The van der Waals surface area contributed by atoms with Crippen LogP contribution in [0.25, 0.3) is 11.3 Å². The first kappa shape index (κ1) is 19.1. The molecule has 0 unspecified atom stereocenters. The zero-order valence-electron chi connectivity index (χ0n) is 15.7. The summed E-state index contributed by atoms with van der Waals surface area (Å²) < 4.78 is 0. The summed E-state index contributed by atoms with van der Waals surface area (Å²) in [6, 6.07) is 8.24. The molecule has 2 aromatic rings. The lowest BCUT2D eigenvalue weighted by Crippen LogP contribution is -2.35. The molecule has 0 aliphatic heterocycles. The van der Waals surface area contributed by atoms with Crippen LogP contribution in [0.5, 0.6) is 0 Å². The molecule has 1 saturated carbocycles. The van der Waals surface area contributed by atoms with Gasteiger partial charge in [0.05, 0.1) is 17.0 Å². The number of hydrogen-bond acceptors (Lipinski definition) is 5. The van der Waals surface area contributed by atoms with Crippen LogP contribution in [-0.4, -0.2) is 45.7 Å². The molecule has 1 fully saturated rings. The smallest absolute Gasteiger partial charge is 0.131 e. The van der Waals surface area contributed by atoms with Gasteiger partial charge < -0.3 is 15.3 Å². The minimum atomic E-state index is -0.543. The van der Waals surface area contributed by atoms with Gasteiger partial charge in [0, 0.05) is 30.0 Å². The van der Waals surface area contributed by atoms with E-state index < -0.39 is 5.60 Å². The number of pyridine rings is 2. The van der Waals surface area contributed by atoms with Crippen LogP contribution in [0.15, 0.2) is 30.5 Å². The highest BCUT2D eigenvalue weighted by molar-refractivity contribution is 6.29. The molecule has 0 atom stereocenters. The lowest BCUT2D eigenvalue weighted by molar-refractivity contribution is 0.0196. The number of aliphatic hydroxyl groups is 1. The van der Waals surface area contributed by atoms with Gasteiger partial charge in [-0.15, -0.1) is 0 Å². The lowest BCUT2D eigenvalue weighted by Gasteiger charge is -2.34. The van der Waals surface area contributed by atoms with Crippen LogP contribution in [0.1, 0.15) is 38.3 Å². The van der Waals surface area contributed by atoms with Gasteiger partial charge in [-0.2, -0.15) is 0 Å². The first-order valence-corrected chi connectivity index (χ1v) is 9.46. The van der Waals surface area contributed by atoms with Crippen LogP contribution in [0, 0.1) is 0 Å². The quantitative estimate of drug-likeness (QED) is 0.775. The Morgan fingerprint density at radius 3 is 2.73 bits per heavy atom. The Morgan fingerprint density at radius 1 is 1.31 bits per heavy atom. The van der Waals surface area contributed by atoms with Gasteiger partial charge in [0.25, 0.3) is 0 Å². The number of nitrogens with one attached hydrogen (secondary N) is 1. The van der Waals surface area contributed by atoms with Crippen LogP contribution in [-0.2, 0) is 6.54 Å². The van der Waals surface area contributed by atoms with Crippen LogP contribution >= 0.6 is 11.6 Å². The van der Waals surface area contributed by atoms with Gasteiger partial charge in [-0.05, 0) is 64.9 Å². The molecule has 2 N–H and O–H groups in total. The molecule has 0 saturated heterocycles. The summed E-state index contributed by atoms with van der Waals surface area (Å²) in [7, 11) is 4.06. The fourth-order valence-electron chi connectivity index (χ4n) is 3.40. The van der Waals surface area contributed by atoms with Crippen LogP contribution in [0.2, 0.25) is 5.15 Å². The Morgan fingerprint density at radius 2 is 2.04 bits per heavy atom. The third-order valence-electron chi connectivity index (χ3n) is 4.85. The second kappa shape index (κ2) is 7.91. The van der Waals surface area contributed by atoms with Crippen LogP contribution in [0.4, 0.5) is 5.69 Å². The van der Waals surface area contributed by atoms with Gasteiger partial charge >= 0.3 is 0 Å². The first-order valence-electron chi connectivity index (χ1n) is 9.08.